The summed E-state index contributed by atoms with van der Waals surface area (Å²) in [5.74, 6) is -1.80. The Balaban J connectivity index is 1.91. The Labute approximate surface area is 188 Å². The first kappa shape index (κ1) is 25.2. The molecule has 6 nitrogen and oxygen atoms in total. The van der Waals surface area contributed by atoms with Crippen LogP contribution in [-0.2, 0) is 16.4 Å². The van der Waals surface area contributed by atoms with Crippen LogP contribution in [0.3, 0.4) is 0 Å². The average molecular weight is 488 g/mol. The molecule has 182 valence electrons. The maximum Gasteiger partial charge on any atom is 0.426 e. The molecule has 0 aliphatic heterocycles. The van der Waals surface area contributed by atoms with Crippen LogP contribution in [0.4, 0.5) is 32.0 Å². The Hall–Kier alpha value is -3.41. The second-order valence-electron chi connectivity index (χ2n) is 8.36. The van der Waals surface area contributed by atoms with Crippen molar-refractivity contribution in [1.29, 1.82) is 0 Å². The summed E-state index contributed by atoms with van der Waals surface area (Å²) in [6.45, 7) is 2.53. The molecule has 2 aromatic carbocycles. The molecule has 0 spiro atoms. The maximum absolute atomic E-state index is 13.9. The van der Waals surface area contributed by atoms with E-state index >= 15 is 0 Å². The molecule has 1 aromatic heterocycles. The average Bonchev–Trinajstić information content (AvgIpc) is 2.72. The van der Waals surface area contributed by atoms with Crippen molar-refractivity contribution in [3.05, 3.63) is 70.2 Å². The molecule has 1 atom stereocenters. The van der Waals surface area contributed by atoms with Crippen LogP contribution in [0.1, 0.15) is 31.4 Å². The highest BCUT2D eigenvalue weighted by atomic mass is 19.4. The van der Waals surface area contributed by atoms with E-state index in [9.17, 15) is 41.0 Å². The number of rotatable bonds is 5. The number of aliphatic hydroxyl groups is 1. The number of nitrogens with one attached hydrogen (secondary N) is 1. The van der Waals surface area contributed by atoms with Gasteiger partial charge >= 0.3 is 18.0 Å². The van der Waals surface area contributed by atoms with Gasteiger partial charge in [0.1, 0.15) is 0 Å². The minimum Gasteiger partial charge on any atom is -0.373 e. The Morgan fingerprint density at radius 2 is 1.59 bits per heavy atom. The van der Waals surface area contributed by atoms with Crippen molar-refractivity contribution >= 4 is 22.4 Å². The van der Waals surface area contributed by atoms with E-state index in [-0.39, 0.29) is 22.0 Å². The van der Waals surface area contributed by atoms with E-state index < -0.39 is 46.9 Å². The van der Waals surface area contributed by atoms with Gasteiger partial charge in [0.05, 0.1) is 17.1 Å². The van der Waals surface area contributed by atoms with Gasteiger partial charge in [-0.1, -0.05) is 31.1 Å². The van der Waals surface area contributed by atoms with Gasteiger partial charge in [-0.3, -0.25) is 4.79 Å². The van der Waals surface area contributed by atoms with Crippen molar-refractivity contribution in [1.82, 2.24) is 5.16 Å². The fourth-order valence-electron chi connectivity index (χ4n) is 3.51. The summed E-state index contributed by atoms with van der Waals surface area (Å²) in [6.07, 6.45) is -10.1. The molecule has 1 unspecified atom stereocenters. The number of carbonyl (C=O) groups excluding carboxylic acids is 1. The van der Waals surface area contributed by atoms with Crippen molar-refractivity contribution in [2.75, 3.05) is 5.32 Å². The molecule has 1 heterocycles. The topological polar surface area (TPSA) is 92.4 Å². The van der Waals surface area contributed by atoms with Gasteiger partial charge in [0, 0.05) is 17.5 Å². The second-order valence-corrected chi connectivity index (χ2v) is 8.36. The fourth-order valence-corrected chi connectivity index (χ4v) is 3.51. The van der Waals surface area contributed by atoms with Crippen molar-refractivity contribution in [3.63, 3.8) is 0 Å². The lowest BCUT2D eigenvalue weighted by atomic mass is 9.74. The highest BCUT2D eigenvalue weighted by Gasteiger charge is 2.61. The minimum atomic E-state index is -5.42. The summed E-state index contributed by atoms with van der Waals surface area (Å²) < 4.78 is 84.6. The quantitative estimate of drug-likeness (QED) is 0.503. The molecule has 1 amide bonds. The van der Waals surface area contributed by atoms with Crippen LogP contribution in [0.2, 0.25) is 0 Å². The summed E-state index contributed by atoms with van der Waals surface area (Å²) in [5, 5.41) is 16.1. The molecule has 0 aliphatic carbocycles. The van der Waals surface area contributed by atoms with Crippen LogP contribution in [0.25, 0.3) is 10.8 Å². The van der Waals surface area contributed by atoms with Gasteiger partial charge in [-0.15, -0.1) is 0 Å². The molecule has 0 saturated heterocycles. The van der Waals surface area contributed by atoms with Crippen LogP contribution < -0.4 is 10.9 Å². The van der Waals surface area contributed by atoms with Crippen LogP contribution >= 0.6 is 0 Å². The first-order valence-electron chi connectivity index (χ1n) is 9.72. The van der Waals surface area contributed by atoms with E-state index in [1.54, 1.807) is 0 Å². The third-order valence-electron chi connectivity index (χ3n) is 5.39. The second kappa shape index (κ2) is 8.42. The molecule has 0 aliphatic rings. The Morgan fingerprint density at radius 3 is 2.15 bits per heavy atom. The zero-order valence-corrected chi connectivity index (χ0v) is 17.7. The van der Waals surface area contributed by atoms with Gasteiger partial charge in [-0.05, 0) is 41.3 Å². The summed E-state index contributed by atoms with van der Waals surface area (Å²) in [7, 11) is 0. The van der Waals surface area contributed by atoms with Crippen molar-refractivity contribution in [2.24, 2.45) is 0 Å². The van der Waals surface area contributed by atoms with Gasteiger partial charge < -0.3 is 14.9 Å². The van der Waals surface area contributed by atoms with E-state index in [1.165, 1.54) is 26.0 Å². The monoisotopic (exact) mass is 488 g/mol. The third kappa shape index (κ3) is 4.91. The zero-order valence-electron chi connectivity index (χ0n) is 17.7. The molecule has 0 radical (unpaired) electrons. The number of carbonyl (C=O) groups is 1. The van der Waals surface area contributed by atoms with Crippen LogP contribution in [0.15, 0.2) is 58.0 Å². The lowest BCUT2D eigenvalue weighted by molar-refractivity contribution is -0.254. The third-order valence-corrected chi connectivity index (χ3v) is 5.39. The van der Waals surface area contributed by atoms with E-state index in [4.69, 9.17) is 0 Å². The number of benzene rings is 2. The van der Waals surface area contributed by atoms with E-state index in [0.29, 0.717) is 12.1 Å². The smallest absolute Gasteiger partial charge is 0.373 e. The Kier molecular flexibility index (Phi) is 6.25. The zero-order chi connectivity index (χ0) is 25.5. The molecular formula is C22H18F6N2O4. The van der Waals surface area contributed by atoms with Crippen molar-refractivity contribution in [2.45, 2.75) is 43.6 Å². The minimum absolute atomic E-state index is 0.0551. The number of anilines is 1. The molecule has 3 rings (SSSR count). The standard InChI is InChI=1S/C22H18F6N2O4/c1-19(2,13-3-5-14(6-4-13)21(23,24)25)11-20(33,22(26,27)28)18(32)30-15-7-8-16-12(9-15)10-29-34-17(16)31/h3-10,33H,11H2,1-2H3,(H,30,32). The number of hydrogen-bond donors (Lipinski definition) is 2. The molecule has 12 heteroatoms. The summed E-state index contributed by atoms with van der Waals surface area (Å²) in [6, 6.07) is 6.95. The summed E-state index contributed by atoms with van der Waals surface area (Å²) >= 11 is 0. The number of aromatic nitrogens is 1. The number of nitrogens with zero attached hydrogens (tertiary/aromatic N) is 1. The number of halogens is 6. The van der Waals surface area contributed by atoms with Crippen molar-refractivity contribution < 1.29 is 40.8 Å². The lowest BCUT2D eigenvalue weighted by Crippen LogP contribution is -2.57. The summed E-state index contributed by atoms with van der Waals surface area (Å²) in [5.41, 5.74) is -7.32. The normalized spacial score (nSPS) is 14.6. The fraction of sp³-hybridized carbons (Fsp3) is 0.318. The highest BCUT2D eigenvalue weighted by Crippen LogP contribution is 2.42. The van der Waals surface area contributed by atoms with Crippen LogP contribution in [0.5, 0.6) is 0 Å². The molecule has 0 saturated carbocycles. The number of fused-ring (bicyclic) bond motifs is 1. The molecule has 34 heavy (non-hydrogen) atoms. The molecule has 2 N–H and O–H groups in total. The SMILES string of the molecule is CC(C)(CC(O)(C(=O)Nc1ccc2c(=O)oncc2c1)C(F)(F)F)c1ccc(C(F)(F)F)cc1. The Bertz CT molecular complexity index is 1270. The van der Waals surface area contributed by atoms with Gasteiger partial charge in [-0.2, -0.15) is 26.3 Å². The van der Waals surface area contributed by atoms with E-state index in [2.05, 4.69) is 9.68 Å². The predicted octanol–water partition coefficient (Wildman–Crippen LogP) is 4.81. The number of alkyl halides is 6. The van der Waals surface area contributed by atoms with Gasteiger partial charge in [0.25, 0.3) is 5.91 Å². The highest BCUT2D eigenvalue weighted by molar-refractivity contribution is 5.99. The summed E-state index contributed by atoms with van der Waals surface area (Å²) in [4.78, 5) is 24.3. The van der Waals surface area contributed by atoms with E-state index in [1.807, 2.05) is 5.32 Å². The van der Waals surface area contributed by atoms with Crippen LogP contribution in [0, 0.1) is 0 Å². The molecular weight excluding hydrogens is 470 g/mol. The number of hydrogen-bond acceptors (Lipinski definition) is 5. The predicted molar refractivity (Wildman–Crippen MR) is 109 cm³/mol. The van der Waals surface area contributed by atoms with Gasteiger partial charge in [0.15, 0.2) is 0 Å². The van der Waals surface area contributed by atoms with E-state index in [0.717, 1.165) is 24.4 Å². The van der Waals surface area contributed by atoms with Crippen LogP contribution in [-0.4, -0.2) is 27.9 Å². The first-order chi connectivity index (χ1) is 15.5. The maximum atomic E-state index is 13.9. The lowest BCUT2D eigenvalue weighted by Gasteiger charge is -2.36. The van der Waals surface area contributed by atoms with Gasteiger partial charge in [0.2, 0.25) is 5.60 Å². The Morgan fingerprint density at radius 1 is 1.00 bits per heavy atom. The molecule has 0 fully saturated rings. The molecule has 3 aromatic rings. The molecule has 0 bridgehead atoms. The first-order valence-corrected chi connectivity index (χ1v) is 9.72. The largest absolute Gasteiger partial charge is 0.426 e. The van der Waals surface area contributed by atoms with Gasteiger partial charge in [-0.25, -0.2) is 4.79 Å². The number of amides is 1. The van der Waals surface area contributed by atoms with Crippen molar-refractivity contribution in [3.8, 4) is 0 Å².